The van der Waals surface area contributed by atoms with E-state index >= 15 is 0 Å². The quantitative estimate of drug-likeness (QED) is 0.845. The predicted molar refractivity (Wildman–Crippen MR) is 64.3 cm³/mol. The molecule has 4 nitrogen and oxygen atoms in total. The molecule has 1 N–H and O–H groups in total. The summed E-state index contributed by atoms with van der Waals surface area (Å²) in [7, 11) is 0. The fourth-order valence-corrected chi connectivity index (χ4v) is 2.21. The van der Waals surface area contributed by atoms with Crippen molar-refractivity contribution in [2.75, 3.05) is 11.4 Å². The van der Waals surface area contributed by atoms with Gasteiger partial charge in [-0.3, -0.25) is 4.98 Å². The molecule has 0 atom stereocenters. The van der Waals surface area contributed by atoms with E-state index in [1.165, 1.54) is 31.9 Å². The molecule has 0 saturated heterocycles. The highest BCUT2D eigenvalue weighted by Gasteiger charge is 2.35. The zero-order chi connectivity index (χ0) is 11.8. The number of aromatic carboxylic acids is 1. The summed E-state index contributed by atoms with van der Waals surface area (Å²) >= 11 is 0. The summed E-state index contributed by atoms with van der Waals surface area (Å²) in [4.78, 5) is 17.4. The minimum Gasteiger partial charge on any atom is -0.478 e. The van der Waals surface area contributed by atoms with Crippen LogP contribution in [0.15, 0.2) is 18.5 Å². The fraction of sp³-hybridized carbons (Fsp3) is 0.538. The monoisotopic (exact) mass is 232 g/mol. The number of anilines is 1. The highest BCUT2D eigenvalue weighted by atomic mass is 16.4. The zero-order valence-electron chi connectivity index (χ0n) is 9.67. The maximum Gasteiger partial charge on any atom is 0.339 e. The van der Waals surface area contributed by atoms with E-state index in [-0.39, 0.29) is 0 Å². The first kappa shape index (κ1) is 10.6. The van der Waals surface area contributed by atoms with Crippen LogP contribution < -0.4 is 4.90 Å². The first-order valence-electron chi connectivity index (χ1n) is 6.19. The molecule has 1 aromatic rings. The van der Waals surface area contributed by atoms with Crippen molar-refractivity contribution in [3.8, 4) is 0 Å². The Balaban J connectivity index is 1.90. The first-order valence-corrected chi connectivity index (χ1v) is 6.19. The van der Waals surface area contributed by atoms with Crippen LogP contribution in [0.25, 0.3) is 0 Å². The van der Waals surface area contributed by atoms with Gasteiger partial charge in [-0.15, -0.1) is 0 Å². The summed E-state index contributed by atoms with van der Waals surface area (Å²) in [6.45, 7) is 1.01. The van der Waals surface area contributed by atoms with E-state index in [2.05, 4.69) is 9.88 Å². The van der Waals surface area contributed by atoms with Crippen LogP contribution in [-0.4, -0.2) is 28.6 Å². The van der Waals surface area contributed by atoms with Gasteiger partial charge < -0.3 is 10.0 Å². The topological polar surface area (TPSA) is 53.4 Å². The molecule has 2 aliphatic carbocycles. The van der Waals surface area contributed by atoms with E-state index in [0.29, 0.717) is 11.6 Å². The smallest absolute Gasteiger partial charge is 0.339 e. The lowest BCUT2D eigenvalue weighted by atomic mass is 10.2. The number of pyridine rings is 1. The predicted octanol–water partition coefficient (Wildman–Crippen LogP) is 2.16. The average Bonchev–Trinajstić information content (AvgIpc) is 3.17. The van der Waals surface area contributed by atoms with Crippen molar-refractivity contribution in [1.29, 1.82) is 0 Å². The summed E-state index contributed by atoms with van der Waals surface area (Å²) in [6.07, 6.45) is 8.10. The highest BCUT2D eigenvalue weighted by molar-refractivity contribution is 5.94. The molecule has 0 aromatic carbocycles. The second kappa shape index (κ2) is 4.02. The lowest BCUT2D eigenvalue weighted by Gasteiger charge is -2.25. The third kappa shape index (κ3) is 2.25. The summed E-state index contributed by atoms with van der Waals surface area (Å²) in [5.74, 6) is -0.111. The SMILES string of the molecule is O=C(O)c1cnccc1N(CC1CC1)C1CC1. The molecule has 2 saturated carbocycles. The average molecular weight is 232 g/mol. The van der Waals surface area contributed by atoms with Crippen LogP contribution in [0.3, 0.4) is 0 Å². The molecule has 1 heterocycles. The summed E-state index contributed by atoms with van der Waals surface area (Å²) in [5, 5.41) is 9.20. The third-order valence-electron chi connectivity index (χ3n) is 3.48. The number of carboxylic acid groups (broad SMARTS) is 1. The van der Waals surface area contributed by atoms with Gasteiger partial charge in [-0.1, -0.05) is 0 Å². The van der Waals surface area contributed by atoms with E-state index in [1.54, 1.807) is 6.20 Å². The van der Waals surface area contributed by atoms with Gasteiger partial charge in [0.1, 0.15) is 5.56 Å². The van der Waals surface area contributed by atoms with E-state index in [1.807, 2.05) is 6.07 Å². The highest BCUT2D eigenvalue weighted by Crippen LogP contribution is 2.38. The minimum atomic E-state index is -0.880. The Morgan fingerprint density at radius 1 is 1.41 bits per heavy atom. The van der Waals surface area contributed by atoms with Gasteiger partial charge in [0.15, 0.2) is 0 Å². The number of aromatic nitrogens is 1. The minimum absolute atomic E-state index is 0.333. The lowest BCUT2D eigenvalue weighted by molar-refractivity contribution is 0.0697. The van der Waals surface area contributed by atoms with Gasteiger partial charge in [0.25, 0.3) is 0 Å². The van der Waals surface area contributed by atoms with E-state index in [9.17, 15) is 9.90 Å². The van der Waals surface area contributed by atoms with Crippen LogP contribution in [-0.2, 0) is 0 Å². The number of hydrogen-bond acceptors (Lipinski definition) is 3. The van der Waals surface area contributed by atoms with Crippen molar-refractivity contribution in [2.45, 2.75) is 31.7 Å². The number of hydrogen-bond donors (Lipinski definition) is 1. The third-order valence-corrected chi connectivity index (χ3v) is 3.48. The Bertz CT molecular complexity index is 439. The van der Waals surface area contributed by atoms with Crippen LogP contribution in [0, 0.1) is 5.92 Å². The Morgan fingerprint density at radius 2 is 2.18 bits per heavy atom. The molecule has 0 spiro atoms. The second-order valence-corrected chi connectivity index (χ2v) is 5.02. The van der Waals surface area contributed by atoms with Crippen molar-refractivity contribution in [3.63, 3.8) is 0 Å². The number of rotatable bonds is 5. The summed E-state index contributed by atoms with van der Waals surface area (Å²) in [5.41, 5.74) is 1.18. The standard InChI is InChI=1S/C13H16N2O2/c16-13(17)11-7-14-6-5-12(11)15(10-3-4-10)8-9-1-2-9/h5-7,9-10H,1-4,8H2,(H,16,17). The maximum atomic E-state index is 11.2. The van der Waals surface area contributed by atoms with Crippen LogP contribution in [0.4, 0.5) is 5.69 Å². The fourth-order valence-electron chi connectivity index (χ4n) is 2.21. The van der Waals surface area contributed by atoms with Crippen molar-refractivity contribution in [1.82, 2.24) is 4.98 Å². The van der Waals surface area contributed by atoms with Crippen LogP contribution in [0.2, 0.25) is 0 Å². The molecule has 0 bridgehead atoms. The largest absolute Gasteiger partial charge is 0.478 e. The summed E-state index contributed by atoms with van der Waals surface area (Å²) in [6, 6.07) is 2.39. The molecule has 17 heavy (non-hydrogen) atoms. The molecule has 3 rings (SSSR count). The Kier molecular flexibility index (Phi) is 2.50. The van der Waals surface area contributed by atoms with Gasteiger partial charge in [0.2, 0.25) is 0 Å². The van der Waals surface area contributed by atoms with Gasteiger partial charge >= 0.3 is 5.97 Å². The Morgan fingerprint density at radius 3 is 2.76 bits per heavy atom. The molecule has 0 radical (unpaired) electrons. The normalized spacial score (nSPS) is 19.1. The summed E-state index contributed by atoms with van der Waals surface area (Å²) < 4.78 is 0. The van der Waals surface area contributed by atoms with E-state index in [0.717, 1.165) is 18.2 Å². The first-order chi connectivity index (χ1) is 8.25. The van der Waals surface area contributed by atoms with E-state index in [4.69, 9.17) is 0 Å². The van der Waals surface area contributed by atoms with Crippen LogP contribution in [0.5, 0.6) is 0 Å². The molecule has 0 amide bonds. The molecule has 1 aromatic heterocycles. The van der Waals surface area contributed by atoms with Gasteiger partial charge in [0.05, 0.1) is 5.69 Å². The van der Waals surface area contributed by atoms with Crippen molar-refractivity contribution >= 4 is 11.7 Å². The van der Waals surface area contributed by atoms with Gasteiger partial charge in [-0.05, 0) is 37.7 Å². The lowest BCUT2D eigenvalue weighted by Crippen LogP contribution is -2.29. The zero-order valence-corrected chi connectivity index (χ0v) is 9.67. The van der Waals surface area contributed by atoms with Crippen molar-refractivity contribution in [3.05, 3.63) is 24.0 Å². The van der Waals surface area contributed by atoms with Gasteiger partial charge in [-0.25, -0.2) is 4.79 Å². The Labute approximate surface area is 100 Å². The number of carboxylic acids is 1. The number of nitrogens with zero attached hydrogens (tertiary/aromatic N) is 2. The second-order valence-electron chi connectivity index (χ2n) is 5.02. The molecular weight excluding hydrogens is 216 g/mol. The molecule has 90 valence electrons. The molecule has 2 aliphatic rings. The molecule has 2 fully saturated rings. The number of carbonyl (C=O) groups is 1. The molecule has 0 aliphatic heterocycles. The molecule has 0 unspecified atom stereocenters. The van der Waals surface area contributed by atoms with Crippen molar-refractivity contribution < 1.29 is 9.90 Å². The van der Waals surface area contributed by atoms with Crippen molar-refractivity contribution in [2.24, 2.45) is 5.92 Å². The van der Waals surface area contributed by atoms with Gasteiger partial charge in [0, 0.05) is 25.0 Å². The van der Waals surface area contributed by atoms with Gasteiger partial charge in [-0.2, -0.15) is 0 Å². The van der Waals surface area contributed by atoms with Crippen LogP contribution in [0.1, 0.15) is 36.0 Å². The van der Waals surface area contributed by atoms with Crippen LogP contribution >= 0.6 is 0 Å². The molecular formula is C13H16N2O2. The maximum absolute atomic E-state index is 11.2. The Hall–Kier alpha value is -1.58. The van der Waals surface area contributed by atoms with E-state index < -0.39 is 5.97 Å². The molecule has 4 heteroatoms.